The number of hydrogen-bond acceptors (Lipinski definition) is 4. The third-order valence-electron chi connectivity index (χ3n) is 3.84. The minimum atomic E-state index is 0.170. The van der Waals surface area contributed by atoms with E-state index >= 15 is 0 Å². The molecule has 1 aromatic heterocycles. The fraction of sp³-hybridized carbons (Fsp3) is 0.667. The monoisotopic (exact) mass is 296 g/mol. The van der Waals surface area contributed by atoms with Gasteiger partial charge in [0.2, 0.25) is 5.91 Å². The minimum absolute atomic E-state index is 0.170. The summed E-state index contributed by atoms with van der Waals surface area (Å²) in [6, 6.07) is 4.15. The molecule has 1 aromatic rings. The molecule has 5 heteroatoms. The topological polar surface area (TPSA) is 52.6 Å². The molecule has 2 N–H and O–H groups in total. The summed E-state index contributed by atoms with van der Waals surface area (Å²) in [7, 11) is 0. The van der Waals surface area contributed by atoms with Crippen molar-refractivity contribution in [2.24, 2.45) is 5.92 Å². The average Bonchev–Trinajstić information content (AvgIpc) is 2.99. The smallest absolute Gasteiger partial charge is 0.223 e. The van der Waals surface area contributed by atoms with E-state index in [-0.39, 0.29) is 18.4 Å². The number of amides is 1. The van der Waals surface area contributed by atoms with Gasteiger partial charge in [0.25, 0.3) is 0 Å². The second-order valence-electron chi connectivity index (χ2n) is 5.31. The number of nitrogens with one attached hydrogen (secondary N) is 1. The Morgan fingerprint density at radius 3 is 2.90 bits per heavy atom. The van der Waals surface area contributed by atoms with Crippen molar-refractivity contribution in [3.05, 3.63) is 22.4 Å². The van der Waals surface area contributed by atoms with E-state index in [2.05, 4.69) is 21.7 Å². The van der Waals surface area contributed by atoms with Gasteiger partial charge < -0.3 is 15.3 Å². The molecule has 1 saturated heterocycles. The van der Waals surface area contributed by atoms with Crippen LogP contribution in [0.15, 0.2) is 17.5 Å². The van der Waals surface area contributed by atoms with E-state index in [1.165, 1.54) is 4.88 Å². The third kappa shape index (κ3) is 4.89. The van der Waals surface area contributed by atoms with Gasteiger partial charge in [0.05, 0.1) is 0 Å². The summed E-state index contributed by atoms with van der Waals surface area (Å²) in [5, 5.41) is 13.9. The highest BCUT2D eigenvalue weighted by Gasteiger charge is 2.24. The fourth-order valence-corrected chi connectivity index (χ4v) is 3.33. The lowest BCUT2D eigenvalue weighted by molar-refractivity contribution is -0.126. The summed E-state index contributed by atoms with van der Waals surface area (Å²) in [5.74, 6) is 0.382. The molecule has 0 aliphatic carbocycles. The first-order valence-electron chi connectivity index (χ1n) is 7.43. The van der Waals surface area contributed by atoms with E-state index in [1.54, 1.807) is 11.3 Å². The molecule has 0 aromatic carbocycles. The summed E-state index contributed by atoms with van der Waals surface area (Å²) in [6.45, 7) is 3.89. The van der Waals surface area contributed by atoms with Gasteiger partial charge in [0.15, 0.2) is 0 Å². The van der Waals surface area contributed by atoms with Crippen LogP contribution >= 0.6 is 11.3 Å². The van der Waals surface area contributed by atoms with Crippen LogP contribution in [0.5, 0.6) is 0 Å². The van der Waals surface area contributed by atoms with Crippen LogP contribution in [0, 0.1) is 5.92 Å². The molecule has 1 amide bonds. The number of carbonyl (C=O) groups excluding carboxylic acids is 1. The zero-order chi connectivity index (χ0) is 14.2. The van der Waals surface area contributed by atoms with Gasteiger partial charge in [-0.15, -0.1) is 11.3 Å². The molecule has 0 bridgehead atoms. The lowest BCUT2D eigenvalue weighted by Gasteiger charge is -2.31. The van der Waals surface area contributed by atoms with E-state index in [9.17, 15) is 4.79 Å². The van der Waals surface area contributed by atoms with Crippen molar-refractivity contribution < 1.29 is 9.90 Å². The van der Waals surface area contributed by atoms with Crippen LogP contribution in [0.2, 0.25) is 0 Å². The second-order valence-corrected chi connectivity index (χ2v) is 6.35. The van der Waals surface area contributed by atoms with Gasteiger partial charge in [-0.1, -0.05) is 6.07 Å². The molecular weight excluding hydrogens is 272 g/mol. The Morgan fingerprint density at radius 2 is 2.25 bits per heavy atom. The lowest BCUT2D eigenvalue weighted by atomic mass is 9.96. The SMILES string of the molecule is O=C(NCCc1cccs1)C1CCN(CCCO)CC1. The Balaban J connectivity index is 1.61. The Hall–Kier alpha value is -0.910. The van der Waals surface area contributed by atoms with E-state index in [0.29, 0.717) is 0 Å². The van der Waals surface area contributed by atoms with Crippen molar-refractivity contribution in [3.63, 3.8) is 0 Å². The van der Waals surface area contributed by atoms with Crippen molar-refractivity contribution in [1.82, 2.24) is 10.2 Å². The lowest BCUT2D eigenvalue weighted by Crippen LogP contribution is -2.41. The summed E-state index contributed by atoms with van der Waals surface area (Å²) in [4.78, 5) is 15.7. The van der Waals surface area contributed by atoms with Gasteiger partial charge in [-0.2, -0.15) is 0 Å². The molecular formula is C15H24N2O2S. The van der Waals surface area contributed by atoms with Gasteiger partial charge in [-0.05, 0) is 50.2 Å². The van der Waals surface area contributed by atoms with E-state index in [0.717, 1.165) is 51.9 Å². The molecule has 4 nitrogen and oxygen atoms in total. The predicted octanol–water partition coefficient (Wildman–Crippen LogP) is 1.50. The van der Waals surface area contributed by atoms with Gasteiger partial charge in [-0.3, -0.25) is 4.79 Å². The van der Waals surface area contributed by atoms with Crippen molar-refractivity contribution in [2.75, 3.05) is 32.8 Å². The number of carbonyl (C=O) groups is 1. The third-order valence-corrected chi connectivity index (χ3v) is 4.78. The number of nitrogens with zero attached hydrogens (tertiary/aromatic N) is 1. The number of likely N-dealkylation sites (tertiary alicyclic amines) is 1. The Kier molecular flexibility index (Phi) is 6.50. The summed E-state index contributed by atoms with van der Waals surface area (Å²) in [6.07, 6.45) is 3.64. The summed E-state index contributed by atoms with van der Waals surface area (Å²) in [5.41, 5.74) is 0. The van der Waals surface area contributed by atoms with Crippen LogP contribution in [0.3, 0.4) is 0 Å². The molecule has 1 fully saturated rings. The molecule has 0 spiro atoms. The molecule has 2 heterocycles. The first-order valence-corrected chi connectivity index (χ1v) is 8.31. The maximum atomic E-state index is 12.1. The highest BCUT2D eigenvalue weighted by atomic mass is 32.1. The zero-order valence-corrected chi connectivity index (χ0v) is 12.7. The first-order chi connectivity index (χ1) is 9.79. The largest absolute Gasteiger partial charge is 0.396 e. The maximum Gasteiger partial charge on any atom is 0.223 e. The van der Waals surface area contributed by atoms with E-state index < -0.39 is 0 Å². The van der Waals surface area contributed by atoms with E-state index in [4.69, 9.17) is 5.11 Å². The maximum absolute atomic E-state index is 12.1. The predicted molar refractivity (Wildman–Crippen MR) is 81.9 cm³/mol. The second kappa shape index (κ2) is 8.39. The molecule has 0 unspecified atom stereocenters. The van der Waals surface area contributed by atoms with E-state index in [1.807, 2.05) is 6.07 Å². The molecule has 20 heavy (non-hydrogen) atoms. The van der Waals surface area contributed by atoms with Crippen LogP contribution in [-0.4, -0.2) is 48.7 Å². The molecule has 0 atom stereocenters. The first kappa shape index (κ1) is 15.5. The quantitative estimate of drug-likeness (QED) is 0.802. The van der Waals surface area contributed by atoms with Gasteiger partial charge in [-0.25, -0.2) is 0 Å². The average molecular weight is 296 g/mol. The fourth-order valence-electron chi connectivity index (χ4n) is 2.62. The van der Waals surface area contributed by atoms with Crippen molar-refractivity contribution in [1.29, 1.82) is 0 Å². The normalized spacial score (nSPS) is 17.2. The highest BCUT2D eigenvalue weighted by molar-refractivity contribution is 7.09. The Bertz CT molecular complexity index is 387. The van der Waals surface area contributed by atoms with Crippen molar-refractivity contribution >= 4 is 17.2 Å². The molecule has 0 radical (unpaired) electrons. The van der Waals surface area contributed by atoms with Crippen molar-refractivity contribution in [3.8, 4) is 0 Å². The Morgan fingerprint density at radius 1 is 1.45 bits per heavy atom. The van der Waals surface area contributed by atoms with Crippen molar-refractivity contribution in [2.45, 2.75) is 25.7 Å². The molecule has 112 valence electrons. The molecule has 0 saturated carbocycles. The highest BCUT2D eigenvalue weighted by Crippen LogP contribution is 2.17. The standard InChI is InChI=1S/C15H24N2O2S/c18-11-2-8-17-9-5-13(6-10-17)15(19)16-7-4-14-3-1-12-20-14/h1,3,12-13,18H,2,4-11H2,(H,16,19). The number of thiophene rings is 1. The van der Waals surface area contributed by atoms with Gasteiger partial charge in [0.1, 0.15) is 0 Å². The number of aliphatic hydroxyl groups is 1. The van der Waals surface area contributed by atoms with Crippen LogP contribution in [0.25, 0.3) is 0 Å². The van der Waals surface area contributed by atoms with Gasteiger partial charge in [0, 0.05) is 30.5 Å². The number of piperidine rings is 1. The number of hydrogen-bond donors (Lipinski definition) is 2. The minimum Gasteiger partial charge on any atom is -0.396 e. The van der Waals surface area contributed by atoms with Crippen LogP contribution < -0.4 is 5.32 Å². The number of aliphatic hydroxyl groups excluding tert-OH is 1. The van der Waals surface area contributed by atoms with Gasteiger partial charge >= 0.3 is 0 Å². The zero-order valence-electron chi connectivity index (χ0n) is 11.9. The molecule has 2 rings (SSSR count). The molecule has 1 aliphatic rings. The van der Waals surface area contributed by atoms with Crippen LogP contribution in [0.4, 0.5) is 0 Å². The van der Waals surface area contributed by atoms with Crippen LogP contribution in [-0.2, 0) is 11.2 Å². The Labute approximate surface area is 124 Å². The summed E-state index contributed by atoms with van der Waals surface area (Å²) < 4.78 is 0. The molecule has 1 aliphatic heterocycles. The number of rotatable bonds is 7. The summed E-state index contributed by atoms with van der Waals surface area (Å²) >= 11 is 1.74. The van der Waals surface area contributed by atoms with Crippen LogP contribution in [0.1, 0.15) is 24.1 Å².